The van der Waals surface area contributed by atoms with Crippen molar-refractivity contribution in [1.29, 1.82) is 0 Å². The summed E-state index contributed by atoms with van der Waals surface area (Å²) in [6.07, 6.45) is 1.22. The van der Waals surface area contributed by atoms with Crippen LogP contribution in [0.5, 0.6) is 0 Å². The lowest BCUT2D eigenvalue weighted by Crippen LogP contribution is -1.97. The standard InChI is InChI=1S/C10H18/c1-7(2)6-10(5)8(3)9(10)4/h8-9H,1,6H2,2-5H3. The zero-order valence-electron chi connectivity index (χ0n) is 7.57. The summed E-state index contributed by atoms with van der Waals surface area (Å²) in [5, 5.41) is 0. The van der Waals surface area contributed by atoms with Crippen LogP contribution in [-0.4, -0.2) is 0 Å². The van der Waals surface area contributed by atoms with Crippen molar-refractivity contribution in [2.75, 3.05) is 0 Å². The van der Waals surface area contributed by atoms with Gasteiger partial charge in [0.05, 0.1) is 0 Å². The van der Waals surface area contributed by atoms with Crippen LogP contribution >= 0.6 is 0 Å². The van der Waals surface area contributed by atoms with E-state index in [-0.39, 0.29) is 0 Å². The molecular formula is C10H18. The van der Waals surface area contributed by atoms with Crippen molar-refractivity contribution in [2.24, 2.45) is 17.3 Å². The highest BCUT2D eigenvalue weighted by Gasteiger charge is 2.54. The second kappa shape index (κ2) is 2.11. The fourth-order valence-electron chi connectivity index (χ4n) is 2.04. The zero-order valence-corrected chi connectivity index (χ0v) is 7.57. The molecule has 0 saturated heterocycles. The Bertz CT molecular complexity index is 147. The van der Waals surface area contributed by atoms with Gasteiger partial charge < -0.3 is 0 Å². The maximum atomic E-state index is 3.95. The summed E-state index contributed by atoms with van der Waals surface area (Å²) in [6, 6.07) is 0. The summed E-state index contributed by atoms with van der Waals surface area (Å²) < 4.78 is 0. The molecule has 1 rings (SSSR count). The maximum absolute atomic E-state index is 3.95. The Hall–Kier alpha value is -0.260. The van der Waals surface area contributed by atoms with Gasteiger partial charge in [0.25, 0.3) is 0 Å². The minimum absolute atomic E-state index is 0.589. The van der Waals surface area contributed by atoms with Crippen LogP contribution in [0.2, 0.25) is 0 Å². The van der Waals surface area contributed by atoms with Crippen molar-refractivity contribution in [1.82, 2.24) is 0 Å². The summed E-state index contributed by atoms with van der Waals surface area (Å²) in [5.74, 6) is 1.81. The third-order valence-electron chi connectivity index (χ3n) is 3.40. The molecule has 58 valence electrons. The minimum Gasteiger partial charge on any atom is -0.100 e. The first-order valence-electron chi connectivity index (χ1n) is 4.13. The molecule has 0 heterocycles. The molecule has 0 aromatic carbocycles. The van der Waals surface area contributed by atoms with Crippen LogP contribution in [-0.2, 0) is 0 Å². The van der Waals surface area contributed by atoms with Crippen LogP contribution in [0.3, 0.4) is 0 Å². The average molecular weight is 138 g/mol. The van der Waals surface area contributed by atoms with E-state index in [1.807, 2.05) is 0 Å². The molecule has 0 radical (unpaired) electrons. The van der Waals surface area contributed by atoms with Gasteiger partial charge in [-0.05, 0) is 30.6 Å². The molecule has 0 aromatic heterocycles. The van der Waals surface area contributed by atoms with Crippen LogP contribution in [0.25, 0.3) is 0 Å². The second-order valence-electron chi connectivity index (χ2n) is 4.22. The van der Waals surface area contributed by atoms with Crippen molar-refractivity contribution in [3.8, 4) is 0 Å². The van der Waals surface area contributed by atoms with Crippen molar-refractivity contribution in [3.05, 3.63) is 12.2 Å². The molecule has 2 atom stereocenters. The predicted molar refractivity (Wildman–Crippen MR) is 45.9 cm³/mol. The Morgan fingerprint density at radius 2 is 1.80 bits per heavy atom. The summed E-state index contributed by atoms with van der Waals surface area (Å²) in [5.41, 5.74) is 1.92. The monoisotopic (exact) mass is 138 g/mol. The molecule has 1 aliphatic carbocycles. The number of allylic oxidation sites excluding steroid dienone is 1. The van der Waals surface area contributed by atoms with Gasteiger partial charge in [-0.2, -0.15) is 0 Å². The fraction of sp³-hybridized carbons (Fsp3) is 0.800. The predicted octanol–water partition coefficient (Wildman–Crippen LogP) is 3.24. The smallest absolute Gasteiger partial charge is 0.0232 e. The normalized spacial score (nSPS) is 45.2. The molecule has 2 unspecified atom stereocenters. The second-order valence-corrected chi connectivity index (χ2v) is 4.22. The summed E-state index contributed by atoms with van der Waals surface area (Å²) in [7, 11) is 0. The Morgan fingerprint density at radius 1 is 1.40 bits per heavy atom. The fourth-order valence-corrected chi connectivity index (χ4v) is 2.04. The van der Waals surface area contributed by atoms with Crippen molar-refractivity contribution >= 4 is 0 Å². The SMILES string of the molecule is C=C(C)CC1(C)C(C)C1C. The Morgan fingerprint density at radius 3 is 1.90 bits per heavy atom. The lowest BCUT2D eigenvalue weighted by atomic mass is 9.96. The van der Waals surface area contributed by atoms with Gasteiger partial charge in [0.1, 0.15) is 0 Å². The van der Waals surface area contributed by atoms with Crippen molar-refractivity contribution in [2.45, 2.75) is 34.1 Å². The van der Waals surface area contributed by atoms with Crippen LogP contribution in [0.4, 0.5) is 0 Å². The summed E-state index contributed by atoms with van der Waals surface area (Å²) in [4.78, 5) is 0. The van der Waals surface area contributed by atoms with Crippen LogP contribution in [0.15, 0.2) is 12.2 Å². The van der Waals surface area contributed by atoms with E-state index in [4.69, 9.17) is 0 Å². The van der Waals surface area contributed by atoms with E-state index in [9.17, 15) is 0 Å². The van der Waals surface area contributed by atoms with Gasteiger partial charge in [-0.25, -0.2) is 0 Å². The van der Waals surface area contributed by atoms with E-state index in [1.165, 1.54) is 12.0 Å². The van der Waals surface area contributed by atoms with Gasteiger partial charge in [-0.1, -0.05) is 26.3 Å². The Kier molecular flexibility index (Phi) is 1.66. The zero-order chi connectivity index (χ0) is 7.94. The minimum atomic E-state index is 0.589. The van der Waals surface area contributed by atoms with Gasteiger partial charge >= 0.3 is 0 Å². The Labute approximate surface area is 64.3 Å². The molecule has 1 aliphatic rings. The summed E-state index contributed by atoms with van der Waals surface area (Å²) in [6.45, 7) is 13.1. The maximum Gasteiger partial charge on any atom is -0.0232 e. The molecule has 0 nitrogen and oxygen atoms in total. The van der Waals surface area contributed by atoms with E-state index in [0.29, 0.717) is 5.41 Å². The highest BCUT2D eigenvalue weighted by molar-refractivity contribution is 5.09. The van der Waals surface area contributed by atoms with Crippen molar-refractivity contribution in [3.63, 3.8) is 0 Å². The molecule has 0 spiro atoms. The van der Waals surface area contributed by atoms with Crippen LogP contribution in [0, 0.1) is 17.3 Å². The number of hydrogen-bond acceptors (Lipinski definition) is 0. The molecule has 0 aliphatic heterocycles. The molecule has 0 bridgehead atoms. The molecule has 0 aromatic rings. The van der Waals surface area contributed by atoms with Gasteiger partial charge in [0.2, 0.25) is 0 Å². The number of hydrogen-bond donors (Lipinski definition) is 0. The lowest BCUT2D eigenvalue weighted by molar-refractivity contribution is 0.491. The topological polar surface area (TPSA) is 0 Å². The molecular weight excluding hydrogens is 120 g/mol. The third kappa shape index (κ3) is 1.00. The van der Waals surface area contributed by atoms with Gasteiger partial charge in [-0.3, -0.25) is 0 Å². The van der Waals surface area contributed by atoms with E-state index in [1.54, 1.807) is 0 Å². The van der Waals surface area contributed by atoms with Crippen molar-refractivity contribution < 1.29 is 0 Å². The largest absolute Gasteiger partial charge is 0.100 e. The van der Waals surface area contributed by atoms with E-state index in [2.05, 4.69) is 34.3 Å². The van der Waals surface area contributed by atoms with E-state index < -0.39 is 0 Å². The van der Waals surface area contributed by atoms with E-state index in [0.717, 1.165) is 11.8 Å². The molecule has 0 amide bonds. The van der Waals surface area contributed by atoms with Gasteiger partial charge in [0, 0.05) is 0 Å². The average Bonchev–Trinajstić information content (AvgIpc) is 2.18. The Balaban J connectivity index is 2.50. The highest BCUT2D eigenvalue weighted by atomic mass is 14.6. The third-order valence-corrected chi connectivity index (χ3v) is 3.40. The first-order chi connectivity index (χ1) is 4.48. The number of rotatable bonds is 2. The molecule has 1 fully saturated rings. The molecule has 1 saturated carbocycles. The molecule has 0 heteroatoms. The highest BCUT2D eigenvalue weighted by Crippen LogP contribution is 2.61. The van der Waals surface area contributed by atoms with Crippen LogP contribution < -0.4 is 0 Å². The summed E-state index contributed by atoms with van der Waals surface area (Å²) >= 11 is 0. The van der Waals surface area contributed by atoms with Crippen LogP contribution in [0.1, 0.15) is 34.1 Å². The quantitative estimate of drug-likeness (QED) is 0.514. The molecule has 10 heavy (non-hydrogen) atoms. The van der Waals surface area contributed by atoms with Gasteiger partial charge in [-0.15, -0.1) is 6.58 Å². The van der Waals surface area contributed by atoms with E-state index >= 15 is 0 Å². The molecule has 0 N–H and O–H groups in total. The first-order valence-corrected chi connectivity index (χ1v) is 4.13. The van der Waals surface area contributed by atoms with Gasteiger partial charge in [0.15, 0.2) is 0 Å². The first kappa shape index (κ1) is 7.84. The lowest BCUT2D eigenvalue weighted by Gasteiger charge is -2.09.